The number of aliphatic carboxylic acids is 1. The van der Waals surface area contributed by atoms with Crippen LogP contribution in [0, 0.1) is 5.82 Å². The lowest BCUT2D eigenvalue weighted by Gasteiger charge is -2.23. The molecule has 0 saturated carbocycles. The zero-order valence-electron chi connectivity index (χ0n) is 13.1. The molecule has 9 heteroatoms. The van der Waals surface area contributed by atoms with Crippen LogP contribution in [0.1, 0.15) is 11.3 Å². The van der Waals surface area contributed by atoms with Crippen molar-refractivity contribution in [1.82, 2.24) is 0 Å². The number of methoxy groups -OCH3 is 3. The monoisotopic (exact) mass is 364 g/mol. The Morgan fingerprint density at radius 1 is 1.29 bits per heavy atom. The van der Waals surface area contributed by atoms with Crippen LogP contribution in [0.25, 0.3) is 10.1 Å². The second kappa shape index (κ2) is 6.86. The van der Waals surface area contributed by atoms with E-state index >= 15 is 0 Å². The van der Waals surface area contributed by atoms with E-state index in [2.05, 4.69) is 4.74 Å². The summed E-state index contributed by atoms with van der Waals surface area (Å²) in [4.78, 5) is 10.2. The lowest BCUT2D eigenvalue weighted by atomic mass is 10.1. The summed E-state index contributed by atoms with van der Waals surface area (Å²) in [5.41, 5.74) is 0. The average molecular weight is 364 g/mol. The van der Waals surface area contributed by atoms with Gasteiger partial charge >= 0.3 is 11.9 Å². The number of hydrogen-bond acceptors (Lipinski definition) is 5. The van der Waals surface area contributed by atoms with Crippen molar-refractivity contribution >= 4 is 27.4 Å². The minimum absolute atomic E-state index is 0.0579. The van der Waals surface area contributed by atoms with Gasteiger partial charge in [0.25, 0.3) is 0 Å². The molecule has 1 aromatic heterocycles. The van der Waals surface area contributed by atoms with E-state index in [1.807, 2.05) is 0 Å². The maximum atomic E-state index is 14.6. The summed E-state index contributed by atoms with van der Waals surface area (Å²) in [6.45, 7) is 0. The second-order valence-corrected chi connectivity index (χ2v) is 5.98. The Labute approximate surface area is 139 Å². The average Bonchev–Trinajstić information content (AvgIpc) is 2.97. The molecule has 0 saturated heterocycles. The van der Waals surface area contributed by atoms with Crippen LogP contribution in [0.3, 0.4) is 0 Å². The first kappa shape index (κ1) is 18.3. The van der Waals surface area contributed by atoms with Gasteiger partial charge in [0.05, 0.1) is 25.5 Å². The lowest BCUT2D eigenvalue weighted by molar-refractivity contribution is -0.157. The van der Waals surface area contributed by atoms with Crippen LogP contribution in [0.2, 0.25) is 0 Å². The number of thiophene rings is 1. The van der Waals surface area contributed by atoms with Gasteiger partial charge in [0, 0.05) is 23.3 Å². The van der Waals surface area contributed by atoms with Crippen molar-refractivity contribution in [3.63, 3.8) is 0 Å². The fourth-order valence-electron chi connectivity index (χ4n) is 2.28. The number of carboxylic acids is 1. The summed E-state index contributed by atoms with van der Waals surface area (Å²) in [5.74, 6) is -5.95. The van der Waals surface area contributed by atoms with Gasteiger partial charge in [-0.1, -0.05) is 0 Å². The molecule has 1 atom stereocenters. The van der Waals surface area contributed by atoms with Crippen LogP contribution in [-0.4, -0.2) is 38.5 Å². The third-order valence-corrected chi connectivity index (χ3v) is 4.65. The highest BCUT2D eigenvalue weighted by Gasteiger charge is 2.44. The highest BCUT2D eigenvalue weighted by molar-refractivity contribution is 7.19. The van der Waals surface area contributed by atoms with Crippen molar-refractivity contribution in [1.29, 1.82) is 0 Å². The Balaban J connectivity index is 2.57. The van der Waals surface area contributed by atoms with Crippen LogP contribution in [-0.2, 0) is 15.5 Å². The van der Waals surface area contributed by atoms with Gasteiger partial charge < -0.3 is 19.3 Å². The number of fused-ring (bicyclic) bond motifs is 1. The molecule has 2 aromatic rings. The van der Waals surface area contributed by atoms with Gasteiger partial charge in [-0.15, -0.1) is 11.3 Å². The first-order valence-corrected chi connectivity index (χ1v) is 7.54. The van der Waals surface area contributed by atoms with Crippen LogP contribution < -0.4 is 9.47 Å². The Morgan fingerprint density at radius 3 is 2.46 bits per heavy atom. The number of ether oxygens (including phenoxy) is 3. The molecule has 132 valence electrons. The molecule has 0 aliphatic carbocycles. The molecule has 0 radical (unpaired) electrons. The number of rotatable bonds is 7. The first-order valence-electron chi connectivity index (χ1n) is 6.73. The number of alkyl halides is 2. The van der Waals surface area contributed by atoms with E-state index in [-0.39, 0.29) is 21.6 Å². The lowest BCUT2D eigenvalue weighted by Crippen LogP contribution is -2.34. The number of carboxylic acid groups (broad SMARTS) is 1. The molecular weight excluding hydrogens is 349 g/mol. The minimum atomic E-state index is -3.59. The third kappa shape index (κ3) is 3.13. The van der Waals surface area contributed by atoms with Gasteiger partial charge in [-0.3, -0.25) is 4.79 Å². The van der Waals surface area contributed by atoms with Crippen LogP contribution in [0.5, 0.6) is 11.5 Å². The molecule has 24 heavy (non-hydrogen) atoms. The second-order valence-electron chi connectivity index (χ2n) is 4.89. The van der Waals surface area contributed by atoms with E-state index in [1.54, 1.807) is 0 Å². The molecule has 0 unspecified atom stereocenters. The fraction of sp³-hybridized carbons (Fsp3) is 0.400. The summed E-state index contributed by atoms with van der Waals surface area (Å²) in [6, 6.07) is 2.37. The number of benzene rings is 1. The van der Waals surface area contributed by atoms with Gasteiger partial charge in [0.2, 0.25) is 0 Å². The number of hydrogen-bond donors (Lipinski definition) is 1. The maximum Gasteiger partial charge on any atom is 0.308 e. The van der Waals surface area contributed by atoms with Gasteiger partial charge in [-0.05, 0) is 6.07 Å². The highest BCUT2D eigenvalue weighted by atomic mass is 32.1. The Bertz CT molecular complexity index is 759. The van der Waals surface area contributed by atoms with Gasteiger partial charge in [0.15, 0.2) is 17.3 Å². The fourth-order valence-corrected chi connectivity index (χ4v) is 3.39. The molecule has 0 amide bonds. The molecule has 0 spiro atoms. The minimum Gasteiger partial charge on any atom is -0.493 e. The molecule has 0 aliphatic rings. The van der Waals surface area contributed by atoms with Crippen LogP contribution in [0.4, 0.5) is 13.2 Å². The maximum absolute atomic E-state index is 14.6. The van der Waals surface area contributed by atoms with Crippen molar-refractivity contribution in [2.45, 2.75) is 18.4 Å². The van der Waals surface area contributed by atoms with Gasteiger partial charge in [-0.25, -0.2) is 4.39 Å². The summed E-state index contributed by atoms with van der Waals surface area (Å²) < 4.78 is 58.3. The van der Waals surface area contributed by atoms with E-state index in [0.29, 0.717) is 11.3 Å². The van der Waals surface area contributed by atoms with Gasteiger partial charge in [-0.2, -0.15) is 8.78 Å². The number of carbonyl (C=O) groups is 1. The van der Waals surface area contributed by atoms with Crippen molar-refractivity contribution in [3.05, 3.63) is 22.8 Å². The quantitative estimate of drug-likeness (QED) is 0.813. The predicted molar refractivity (Wildman–Crippen MR) is 81.8 cm³/mol. The Hall–Kier alpha value is -2.00. The number of halogens is 3. The summed E-state index contributed by atoms with van der Waals surface area (Å²) in [5, 5.41) is 8.68. The normalized spacial score (nSPS) is 13.1. The highest BCUT2D eigenvalue weighted by Crippen LogP contribution is 2.45. The Kier molecular flexibility index (Phi) is 5.24. The van der Waals surface area contributed by atoms with Gasteiger partial charge in [0.1, 0.15) is 6.10 Å². The molecule has 2 rings (SSSR count). The van der Waals surface area contributed by atoms with Crippen molar-refractivity contribution < 1.29 is 37.3 Å². The summed E-state index contributed by atoms with van der Waals surface area (Å²) >= 11 is 0.639. The van der Waals surface area contributed by atoms with Crippen molar-refractivity contribution in [3.8, 4) is 11.5 Å². The smallest absolute Gasteiger partial charge is 0.308 e. The van der Waals surface area contributed by atoms with E-state index in [0.717, 1.165) is 13.2 Å². The molecule has 5 nitrogen and oxygen atoms in total. The van der Waals surface area contributed by atoms with E-state index in [4.69, 9.17) is 14.6 Å². The molecule has 1 aromatic carbocycles. The topological polar surface area (TPSA) is 65.0 Å². The van der Waals surface area contributed by atoms with Crippen molar-refractivity contribution in [2.24, 2.45) is 0 Å². The predicted octanol–water partition coefficient (Wildman–Crippen LogP) is 3.64. The molecule has 0 fully saturated rings. The zero-order chi connectivity index (χ0) is 18.1. The zero-order valence-corrected chi connectivity index (χ0v) is 13.9. The third-order valence-electron chi connectivity index (χ3n) is 3.48. The summed E-state index contributed by atoms with van der Waals surface area (Å²) in [7, 11) is 3.55. The molecule has 0 aliphatic heterocycles. The van der Waals surface area contributed by atoms with E-state index in [1.165, 1.54) is 20.3 Å². The van der Waals surface area contributed by atoms with Crippen LogP contribution >= 0.6 is 11.3 Å². The molecular formula is C15H15F3O5S. The molecule has 1 N–H and O–H groups in total. The largest absolute Gasteiger partial charge is 0.493 e. The summed E-state index contributed by atoms with van der Waals surface area (Å²) in [6.07, 6.45) is -2.75. The first-order chi connectivity index (χ1) is 11.3. The van der Waals surface area contributed by atoms with E-state index in [9.17, 15) is 18.0 Å². The van der Waals surface area contributed by atoms with Crippen molar-refractivity contribution in [2.75, 3.05) is 21.3 Å². The Morgan fingerprint density at radius 2 is 1.96 bits per heavy atom. The standard InChI is InChI=1S/C15H15F3O5S/c1-21-8-5-9-7(13(16)14(8)23-3)4-11(24-9)15(17,18)10(22-2)6-12(19)20/h4-5,10H,6H2,1-3H3,(H,19,20)/t10-/m0/s1. The SMILES string of the molecule is COc1cc2sc(C(F)(F)[C@H](CC(=O)O)OC)cc2c(F)c1OC. The van der Waals surface area contributed by atoms with Crippen LogP contribution in [0.15, 0.2) is 12.1 Å². The molecule has 0 bridgehead atoms. The van der Waals surface area contributed by atoms with E-state index < -0.39 is 35.1 Å². The molecule has 1 heterocycles.